The summed E-state index contributed by atoms with van der Waals surface area (Å²) in [6.45, 7) is 1.96. The first-order valence-electron chi connectivity index (χ1n) is 10.4. The average Bonchev–Trinajstić information content (AvgIpc) is 3.56. The van der Waals surface area contributed by atoms with Gasteiger partial charge in [-0.15, -0.1) is 11.3 Å². The van der Waals surface area contributed by atoms with Gasteiger partial charge in [0.25, 0.3) is 0 Å². The van der Waals surface area contributed by atoms with Crippen molar-refractivity contribution in [3.63, 3.8) is 0 Å². The molecule has 5 aromatic rings. The molecule has 1 atom stereocenters. The third-order valence-corrected chi connectivity index (χ3v) is 6.56. The molecule has 0 aliphatic heterocycles. The molecule has 1 unspecified atom stereocenters. The van der Waals surface area contributed by atoms with E-state index in [0.717, 1.165) is 32.9 Å². The number of esters is 1. The van der Waals surface area contributed by atoms with Crippen molar-refractivity contribution in [2.75, 3.05) is 7.11 Å². The molecule has 0 amide bonds. The minimum Gasteiger partial charge on any atom is -0.484 e. The minimum atomic E-state index is -0.422. The van der Waals surface area contributed by atoms with Crippen LogP contribution in [0.4, 0.5) is 0 Å². The van der Waals surface area contributed by atoms with Crippen LogP contribution in [0, 0.1) is 0 Å². The Morgan fingerprint density at radius 1 is 1.09 bits per heavy atom. The van der Waals surface area contributed by atoms with Crippen molar-refractivity contribution in [2.24, 2.45) is 7.05 Å². The SMILES string of the molecule is COC(=O)c1sc(-c2cnc3cc(-c4cnn(C)c4)ccn23)cc1OC(C)c1ccccc1. The van der Waals surface area contributed by atoms with Gasteiger partial charge in [-0.2, -0.15) is 5.10 Å². The molecule has 4 aromatic heterocycles. The Labute approximate surface area is 194 Å². The molecule has 0 fully saturated rings. The van der Waals surface area contributed by atoms with Crippen LogP contribution in [0.25, 0.3) is 27.3 Å². The van der Waals surface area contributed by atoms with Gasteiger partial charge in [0, 0.05) is 31.1 Å². The van der Waals surface area contributed by atoms with E-state index in [-0.39, 0.29) is 6.10 Å². The lowest BCUT2D eigenvalue weighted by atomic mass is 10.1. The molecule has 0 aliphatic carbocycles. The molecule has 0 spiro atoms. The molecule has 4 heterocycles. The summed E-state index contributed by atoms with van der Waals surface area (Å²) in [5.41, 5.74) is 4.77. The number of ether oxygens (including phenoxy) is 2. The monoisotopic (exact) mass is 458 g/mol. The summed E-state index contributed by atoms with van der Waals surface area (Å²) in [7, 11) is 3.27. The predicted octanol–water partition coefficient (Wildman–Crippen LogP) is 5.39. The number of nitrogens with zero attached hydrogens (tertiary/aromatic N) is 4. The van der Waals surface area contributed by atoms with Crippen LogP contribution in [0.1, 0.15) is 28.3 Å². The number of hydrogen-bond acceptors (Lipinski definition) is 6. The number of benzene rings is 1. The Morgan fingerprint density at radius 3 is 2.64 bits per heavy atom. The fourth-order valence-electron chi connectivity index (χ4n) is 3.72. The zero-order valence-corrected chi connectivity index (χ0v) is 19.2. The van der Waals surface area contributed by atoms with E-state index in [9.17, 15) is 4.79 Å². The molecular weight excluding hydrogens is 436 g/mol. The molecule has 0 saturated heterocycles. The van der Waals surface area contributed by atoms with Crippen molar-refractivity contribution < 1.29 is 14.3 Å². The van der Waals surface area contributed by atoms with Crippen LogP contribution >= 0.6 is 11.3 Å². The van der Waals surface area contributed by atoms with Crippen LogP contribution in [0.3, 0.4) is 0 Å². The molecule has 7 nitrogen and oxygen atoms in total. The Bertz CT molecular complexity index is 1430. The standard InChI is InChI=1S/C25H22N4O3S/c1-16(17-7-5-4-6-8-17)32-21-12-22(33-24(21)25(30)31-3)20-14-26-23-11-18(9-10-29(20)23)19-13-27-28(2)15-19/h4-16H,1-3H3. The lowest BCUT2D eigenvalue weighted by Crippen LogP contribution is -2.06. The second-order valence-electron chi connectivity index (χ2n) is 7.66. The van der Waals surface area contributed by atoms with Crippen LogP contribution in [0.5, 0.6) is 5.75 Å². The highest BCUT2D eigenvalue weighted by atomic mass is 32.1. The van der Waals surface area contributed by atoms with Gasteiger partial charge in [0.2, 0.25) is 0 Å². The van der Waals surface area contributed by atoms with Crippen LogP contribution in [-0.4, -0.2) is 32.2 Å². The van der Waals surface area contributed by atoms with E-state index < -0.39 is 5.97 Å². The molecule has 8 heteroatoms. The second kappa shape index (κ2) is 8.55. The molecule has 0 N–H and O–H groups in total. The number of thiophene rings is 1. The minimum absolute atomic E-state index is 0.221. The van der Waals surface area contributed by atoms with Gasteiger partial charge >= 0.3 is 5.97 Å². The van der Waals surface area contributed by atoms with E-state index in [4.69, 9.17) is 9.47 Å². The molecule has 1 aromatic carbocycles. The number of carbonyl (C=O) groups excluding carboxylic acids is 1. The maximum absolute atomic E-state index is 12.5. The molecular formula is C25H22N4O3S. The molecule has 0 saturated carbocycles. The topological polar surface area (TPSA) is 70.7 Å². The van der Waals surface area contributed by atoms with Crippen molar-refractivity contribution in [1.29, 1.82) is 0 Å². The molecule has 33 heavy (non-hydrogen) atoms. The zero-order valence-electron chi connectivity index (χ0n) is 18.4. The first kappa shape index (κ1) is 21.0. The lowest BCUT2D eigenvalue weighted by Gasteiger charge is -2.14. The van der Waals surface area contributed by atoms with Gasteiger partial charge < -0.3 is 9.47 Å². The number of rotatable bonds is 6. The third kappa shape index (κ3) is 4.01. The fraction of sp³-hybridized carbons (Fsp3) is 0.160. The van der Waals surface area contributed by atoms with Gasteiger partial charge in [-0.05, 0) is 30.2 Å². The normalized spacial score (nSPS) is 12.1. The number of pyridine rings is 1. The molecule has 5 rings (SSSR count). The van der Waals surface area contributed by atoms with Crippen molar-refractivity contribution in [1.82, 2.24) is 19.2 Å². The van der Waals surface area contributed by atoms with Gasteiger partial charge in [-0.25, -0.2) is 9.78 Å². The van der Waals surface area contributed by atoms with E-state index in [1.54, 1.807) is 10.9 Å². The van der Waals surface area contributed by atoms with Crippen LogP contribution in [0.2, 0.25) is 0 Å². The van der Waals surface area contributed by atoms with Crippen molar-refractivity contribution in [2.45, 2.75) is 13.0 Å². The predicted molar refractivity (Wildman–Crippen MR) is 128 cm³/mol. The average molecular weight is 459 g/mol. The number of aromatic nitrogens is 4. The summed E-state index contributed by atoms with van der Waals surface area (Å²) >= 11 is 1.33. The van der Waals surface area contributed by atoms with Crippen LogP contribution in [-0.2, 0) is 11.8 Å². The summed E-state index contributed by atoms with van der Waals surface area (Å²) in [6, 6.07) is 15.8. The smallest absolute Gasteiger partial charge is 0.351 e. The highest BCUT2D eigenvalue weighted by molar-refractivity contribution is 7.17. The Kier molecular flexibility index (Phi) is 5.43. The van der Waals surface area contributed by atoms with E-state index in [0.29, 0.717) is 10.6 Å². The lowest BCUT2D eigenvalue weighted by molar-refractivity contribution is 0.0600. The van der Waals surface area contributed by atoms with Gasteiger partial charge in [0.1, 0.15) is 17.5 Å². The van der Waals surface area contributed by atoms with Crippen LogP contribution in [0.15, 0.2) is 73.3 Å². The van der Waals surface area contributed by atoms with Crippen LogP contribution < -0.4 is 4.74 Å². The van der Waals surface area contributed by atoms with Gasteiger partial charge in [0.05, 0.1) is 30.1 Å². The van der Waals surface area contributed by atoms with E-state index in [1.807, 2.05) is 85.5 Å². The molecule has 0 bridgehead atoms. The Hall–Kier alpha value is -3.91. The van der Waals surface area contributed by atoms with Crippen molar-refractivity contribution in [3.05, 3.63) is 83.8 Å². The number of hydrogen-bond donors (Lipinski definition) is 0. The Balaban J connectivity index is 1.51. The Morgan fingerprint density at radius 2 is 1.91 bits per heavy atom. The van der Waals surface area contributed by atoms with E-state index >= 15 is 0 Å². The van der Waals surface area contributed by atoms with Gasteiger partial charge in [-0.3, -0.25) is 9.08 Å². The number of methoxy groups -OCH3 is 1. The molecule has 0 radical (unpaired) electrons. The summed E-state index contributed by atoms with van der Waals surface area (Å²) in [5, 5.41) is 4.24. The summed E-state index contributed by atoms with van der Waals surface area (Å²) in [4.78, 5) is 18.4. The summed E-state index contributed by atoms with van der Waals surface area (Å²) in [5.74, 6) is 0.0781. The highest BCUT2D eigenvalue weighted by Gasteiger charge is 2.22. The quantitative estimate of drug-likeness (QED) is 0.319. The maximum Gasteiger partial charge on any atom is 0.351 e. The van der Waals surface area contributed by atoms with Gasteiger partial charge in [-0.1, -0.05) is 30.3 Å². The summed E-state index contributed by atoms with van der Waals surface area (Å²) in [6.07, 6.45) is 7.36. The molecule has 0 aliphatic rings. The molecule has 166 valence electrons. The second-order valence-corrected chi connectivity index (χ2v) is 8.71. The number of fused-ring (bicyclic) bond motifs is 1. The summed E-state index contributed by atoms with van der Waals surface area (Å²) < 4.78 is 15.0. The first-order valence-corrected chi connectivity index (χ1v) is 11.3. The fourth-order valence-corrected chi connectivity index (χ4v) is 4.73. The zero-order chi connectivity index (χ0) is 22.9. The highest BCUT2D eigenvalue weighted by Crippen LogP contribution is 2.39. The van der Waals surface area contributed by atoms with Gasteiger partial charge in [0.15, 0.2) is 4.88 Å². The van der Waals surface area contributed by atoms with E-state index in [2.05, 4.69) is 10.1 Å². The first-order chi connectivity index (χ1) is 16.0. The van der Waals surface area contributed by atoms with Crippen molar-refractivity contribution >= 4 is 23.0 Å². The van der Waals surface area contributed by atoms with Crippen molar-refractivity contribution in [3.8, 4) is 27.4 Å². The number of imidazole rings is 1. The third-order valence-electron chi connectivity index (χ3n) is 5.45. The van der Waals surface area contributed by atoms with E-state index in [1.165, 1.54) is 18.4 Å². The number of aryl methyl sites for hydroxylation is 1. The largest absolute Gasteiger partial charge is 0.484 e. The number of carbonyl (C=O) groups is 1. The maximum atomic E-state index is 12.5.